The van der Waals surface area contributed by atoms with Gasteiger partial charge in [-0.05, 0) is 45.1 Å². The highest BCUT2D eigenvalue weighted by molar-refractivity contribution is 4.95. The number of hydrogen-bond donors (Lipinski definition) is 0. The first-order valence-corrected chi connectivity index (χ1v) is 8.69. The number of fused-ring (bicyclic) bond motifs is 1. The molecule has 3 atom stereocenters. The summed E-state index contributed by atoms with van der Waals surface area (Å²) in [4.78, 5) is 5.53. The third-order valence-electron chi connectivity index (χ3n) is 5.69. The van der Waals surface area contributed by atoms with Crippen LogP contribution in [0, 0.1) is 5.92 Å². The van der Waals surface area contributed by atoms with Crippen molar-refractivity contribution in [3.05, 3.63) is 0 Å². The zero-order valence-electron chi connectivity index (χ0n) is 13.6. The fourth-order valence-corrected chi connectivity index (χ4v) is 4.47. The monoisotopic (exact) mass is 280 g/mol. The molecule has 3 fully saturated rings. The molecule has 3 unspecified atom stereocenters. The van der Waals surface area contributed by atoms with Crippen LogP contribution < -0.4 is 0 Å². The SMILES string of the molecule is CC(C)C1CN2CCCCC2CN1CC1(C)CCCO1. The van der Waals surface area contributed by atoms with Gasteiger partial charge in [-0.15, -0.1) is 0 Å². The molecule has 0 aromatic rings. The summed E-state index contributed by atoms with van der Waals surface area (Å²) < 4.78 is 6.05. The summed E-state index contributed by atoms with van der Waals surface area (Å²) in [6.45, 7) is 13.1. The van der Waals surface area contributed by atoms with Crippen LogP contribution in [0.15, 0.2) is 0 Å². The average molecular weight is 280 g/mol. The Morgan fingerprint density at radius 3 is 2.75 bits per heavy atom. The quantitative estimate of drug-likeness (QED) is 0.790. The van der Waals surface area contributed by atoms with E-state index in [1.807, 2.05) is 0 Å². The van der Waals surface area contributed by atoms with Crippen LogP contribution in [-0.4, -0.2) is 60.3 Å². The summed E-state index contributed by atoms with van der Waals surface area (Å²) in [5.74, 6) is 0.739. The summed E-state index contributed by atoms with van der Waals surface area (Å²) in [6.07, 6.45) is 6.71. The molecule has 0 bridgehead atoms. The molecule has 0 aliphatic carbocycles. The Balaban J connectivity index is 1.69. The van der Waals surface area contributed by atoms with Crippen molar-refractivity contribution in [2.24, 2.45) is 5.92 Å². The van der Waals surface area contributed by atoms with E-state index in [4.69, 9.17) is 4.74 Å². The van der Waals surface area contributed by atoms with Crippen molar-refractivity contribution in [1.29, 1.82) is 0 Å². The van der Waals surface area contributed by atoms with Crippen LogP contribution in [0.3, 0.4) is 0 Å². The van der Waals surface area contributed by atoms with E-state index >= 15 is 0 Å². The lowest BCUT2D eigenvalue weighted by Gasteiger charge is -2.51. The summed E-state index contributed by atoms with van der Waals surface area (Å²) >= 11 is 0. The number of hydrogen-bond acceptors (Lipinski definition) is 3. The highest BCUT2D eigenvalue weighted by atomic mass is 16.5. The van der Waals surface area contributed by atoms with Gasteiger partial charge < -0.3 is 4.74 Å². The molecule has 3 aliphatic rings. The fourth-order valence-electron chi connectivity index (χ4n) is 4.47. The van der Waals surface area contributed by atoms with Crippen molar-refractivity contribution >= 4 is 0 Å². The molecule has 0 spiro atoms. The third-order valence-corrected chi connectivity index (χ3v) is 5.69. The fraction of sp³-hybridized carbons (Fsp3) is 1.00. The van der Waals surface area contributed by atoms with Gasteiger partial charge in [0.25, 0.3) is 0 Å². The zero-order chi connectivity index (χ0) is 14.2. The Labute approximate surface area is 124 Å². The molecular formula is C17H32N2O. The minimum Gasteiger partial charge on any atom is -0.374 e. The average Bonchev–Trinajstić information content (AvgIpc) is 2.84. The summed E-state index contributed by atoms with van der Waals surface area (Å²) in [5.41, 5.74) is 0.115. The highest BCUT2D eigenvalue weighted by Crippen LogP contribution is 2.32. The van der Waals surface area contributed by atoms with Gasteiger partial charge in [0.1, 0.15) is 0 Å². The second kappa shape index (κ2) is 5.94. The number of nitrogens with zero attached hydrogens (tertiary/aromatic N) is 2. The van der Waals surface area contributed by atoms with Crippen molar-refractivity contribution < 1.29 is 4.74 Å². The molecular weight excluding hydrogens is 248 g/mol. The van der Waals surface area contributed by atoms with E-state index in [1.165, 1.54) is 51.7 Å². The Kier molecular flexibility index (Phi) is 4.40. The van der Waals surface area contributed by atoms with E-state index < -0.39 is 0 Å². The molecule has 3 rings (SSSR count). The molecule has 3 aliphatic heterocycles. The summed E-state index contributed by atoms with van der Waals surface area (Å²) in [6, 6.07) is 1.52. The van der Waals surface area contributed by atoms with Crippen molar-refractivity contribution in [2.45, 2.75) is 70.6 Å². The van der Waals surface area contributed by atoms with Crippen molar-refractivity contribution in [3.8, 4) is 0 Å². The smallest absolute Gasteiger partial charge is 0.0781 e. The van der Waals surface area contributed by atoms with E-state index in [0.29, 0.717) is 6.04 Å². The molecule has 3 heterocycles. The molecule has 3 saturated heterocycles. The summed E-state index contributed by atoms with van der Waals surface area (Å²) in [7, 11) is 0. The number of piperazine rings is 1. The van der Waals surface area contributed by atoms with E-state index in [9.17, 15) is 0 Å². The van der Waals surface area contributed by atoms with E-state index in [0.717, 1.165) is 25.1 Å². The van der Waals surface area contributed by atoms with Crippen LogP contribution in [0.1, 0.15) is 52.9 Å². The predicted molar refractivity (Wildman–Crippen MR) is 83.0 cm³/mol. The third kappa shape index (κ3) is 3.05. The zero-order valence-corrected chi connectivity index (χ0v) is 13.6. The van der Waals surface area contributed by atoms with Crippen LogP contribution in [0.25, 0.3) is 0 Å². The van der Waals surface area contributed by atoms with E-state index in [-0.39, 0.29) is 5.60 Å². The van der Waals surface area contributed by atoms with Crippen LogP contribution in [0.4, 0.5) is 0 Å². The Morgan fingerprint density at radius 1 is 1.20 bits per heavy atom. The van der Waals surface area contributed by atoms with Crippen LogP contribution in [0.2, 0.25) is 0 Å². The summed E-state index contributed by atoms with van der Waals surface area (Å²) in [5, 5.41) is 0. The Hall–Kier alpha value is -0.120. The molecule has 116 valence electrons. The predicted octanol–water partition coefficient (Wildman–Crippen LogP) is 2.75. The highest BCUT2D eigenvalue weighted by Gasteiger charge is 2.40. The first-order chi connectivity index (χ1) is 9.57. The van der Waals surface area contributed by atoms with Gasteiger partial charge >= 0.3 is 0 Å². The first kappa shape index (κ1) is 14.8. The molecule has 3 heteroatoms. The van der Waals surface area contributed by atoms with Crippen molar-refractivity contribution in [3.63, 3.8) is 0 Å². The van der Waals surface area contributed by atoms with Gasteiger partial charge in [0.15, 0.2) is 0 Å². The lowest BCUT2D eigenvalue weighted by atomic mass is 9.90. The maximum atomic E-state index is 6.05. The topological polar surface area (TPSA) is 15.7 Å². The van der Waals surface area contributed by atoms with E-state index in [1.54, 1.807) is 0 Å². The van der Waals surface area contributed by atoms with E-state index in [2.05, 4.69) is 30.6 Å². The molecule has 0 aromatic carbocycles. The lowest BCUT2D eigenvalue weighted by molar-refractivity contribution is -0.0639. The normalized spacial score (nSPS) is 40.2. The Morgan fingerprint density at radius 2 is 2.05 bits per heavy atom. The minimum absolute atomic E-state index is 0.115. The van der Waals surface area contributed by atoms with Gasteiger partial charge in [-0.2, -0.15) is 0 Å². The first-order valence-electron chi connectivity index (χ1n) is 8.69. The van der Waals surface area contributed by atoms with Gasteiger partial charge in [-0.25, -0.2) is 0 Å². The van der Waals surface area contributed by atoms with Crippen molar-refractivity contribution in [2.75, 3.05) is 32.8 Å². The molecule has 3 nitrogen and oxygen atoms in total. The molecule has 0 saturated carbocycles. The van der Waals surface area contributed by atoms with Gasteiger partial charge in [0.2, 0.25) is 0 Å². The van der Waals surface area contributed by atoms with Crippen LogP contribution in [0.5, 0.6) is 0 Å². The molecule has 0 radical (unpaired) electrons. The molecule has 0 amide bonds. The largest absolute Gasteiger partial charge is 0.374 e. The maximum absolute atomic E-state index is 6.05. The van der Waals surface area contributed by atoms with Crippen LogP contribution >= 0.6 is 0 Å². The Bertz CT molecular complexity index is 325. The minimum atomic E-state index is 0.115. The standard InChI is InChI=1S/C17H32N2O/c1-14(2)16-12-18-9-5-4-7-15(18)11-19(16)13-17(3)8-6-10-20-17/h14-16H,4-13H2,1-3H3. The van der Waals surface area contributed by atoms with Gasteiger partial charge in [0.05, 0.1) is 5.60 Å². The lowest BCUT2D eigenvalue weighted by Crippen LogP contribution is -2.63. The van der Waals surface area contributed by atoms with Crippen molar-refractivity contribution in [1.82, 2.24) is 9.80 Å². The maximum Gasteiger partial charge on any atom is 0.0781 e. The van der Waals surface area contributed by atoms with Gasteiger partial charge in [-0.3, -0.25) is 9.80 Å². The molecule has 0 aromatic heterocycles. The number of ether oxygens (including phenoxy) is 1. The van der Waals surface area contributed by atoms with Crippen LogP contribution in [-0.2, 0) is 4.74 Å². The number of piperidine rings is 1. The molecule has 20 heavy (non-hydrogen) atoms. The second-order valence-corrected chi connectivity index (χ2v) is 7.79. The second-order valence-electron chi connectivity index (χ2n) is 7.79. The molecule has 0 N–H and O–H groups in total. The van der Waals surface area contributed by atoms with Gasteiger partial charge in [-0.1, -0.05) is 20.3 Å². The van der Waals surface area contributed by atoms with Gasteiger partial charge in [0, 0.05) is 38.3 Å². The number of rotatable bonds is 3.